The Hall–Kier alpha value is -2.47. The molecule has 2 N–H and O–H groups in total. The molecule has 0 saturated heterocycles. The summed E-state index contributed by atoms with van der Waals surface area (Å²) in [4.78, 5) is 28.6. The summed E-state index contributed by atoms with van der Waals surface area (Å²) < 4.78 is 2.51. The first-order valence-electron chi connectivity index (χ1n) is 7.15. The summed E-state index contributed by atoms with van der Waals surface area (Å²) in [6.07, 6.45) is 1.06. The van der Waals surface area contributed by atoms with E-state index < -0.39 is 0 Å². The third-order valence-electron chi connectivity index (χ3n) is 4.06. The molecule has 1 aromatic carbocycles. The van der Waals surface area contributed by atoms with E-state index in [0.29, 0.717) is 24.2 Å². The molecule has 114 valence electrons. The second-order valence-corrected chi connectivity index (χ2v) is 5.58. The maximum Gasteiger partial charge on any atom is 0.332 e. The molecule has 0 unspecified atom stereocenters. The van der Waals surface area contributed by atoms with Gasteiger partial charge in [-0.25, -0.2) is 9.79 Å². The van der Waals surface area contributed by atoms with Crippen molar-refractivity contribution in [3.8, 4) is 0 Å². The molecule has 2 heterocycles. The van der Waals surface area contributed by atoms with Crippen LogP contribution in [-0.2, 0) is 26.9 Å². The Morgan fingerprint density at radius 2 is 1.86 bits per heavy atom. The number of hydrogen-bond donors (Lipinski definition) is 1. The first kappa shape index (κ1) is 14.5. The Morgan fingerprint density at radius 3 is 2.55 bits per heavy atom. The maximum atomic E-state index is 12.2. The molecule has 6 nitrogen and oxygen atoms in total. The van der Waals surface area contributed by atoms with Gasteiger partial charge in [-0.15, -0.1) is 0 Å². The summed E-state index contributed by atoms with van der Waals surface area (Å²) in [5.41, 5.74) is 7.99. The van der Waals surface area contributed by atoms with Gasteiger partial charge in [-0.05, 0) is 12.0 Å². The summed E-state index contributed by atoms with van der Waals surface area (Å²) in [6, 6.07) is 9.64. The summed E-state index contributed by atoms with van der Waals surface area (Å²) in [7, 11) is 3.10. The Bertz CT molecular complexity index is 862. The minimum absolute atomic E-state index is 0.269. The Morgan fingerprint density at radius 1 is 1.18 bits per heavy atom. The zero-order valence-corrected chi connectivity index (χ0v) is 12.6. The zero-order valence-electron chi connectivity index (χ0n) is 12.6. The van der Waals surface area contributed by atoms with Crippen LogP contribution in [-0.4, -0.2) is 20.9 Å². The highest BCUT2D eigenvalue weighted by molar-refractivity contribution is 5.97. The second-order valence-electron chi connectivity index (χ2n) is 5.58. The van der Waals surface area contributed by atoms with Crippen molar-refractivity contribution in [2.24, 2.45) is 24.8 Å². The van der Waals surface area contributed by atoms with Crippen molar-refractivity contribution < 1.29 is 0 Å². The van der Waals surface area contributed by atoms with E-state index in [0.717, 1.165) is 15.8 Å². The van der Waals surface area contributed by atoms with E-state index in [4.69, 9.17) is 5.73 Å². The average molecular weight is 298 g/mol. The van der Waals surface area contributed by atoms with Gasteiger partial charge in [0.05, 0.1) is 5.56 Å². The van der Waals surface area contributed by atoms with Crippen LogP contribution in [0.15, 0.2) is 44.9 Å². The molecule has 0 aliphatic carbocycles. The molecule has 1 aliphatic heterocycles. The van der Waals surface area contributed by atoms with Crippen molar-refractivity contribution in [3.05, 3.63) is 62.3 Å². The number of aliphatic imine (C=N–C) groups is 1. The normalized spacial score (nSPS) is 14.6. The number of rotatable bonds is 3. The number of nitrogens with two attached hydrogens (primary N) is 1. The van der Waals surface area contributed by atoms with Crippen LogP contribution in [0.5, 0.6) is 0 Å². The highest BCUT2D eigenvalue weighted by Crippen LogP contribution is 2.23. The molecule has 0 spiro atoms. The van der Waals surface area contributed by atoms with E-state index >= 15 is 0 Å². The lowest BCUT2D eigenvalue weighted by Gasteiger charge is -2.11. The standard InChI is InChI=1S/C16H18N4O2/c1-19-14-11(15(21)20(2)16(19)22)9-13(18-14)12(17)8-10-6-4-3-5-7-10/h3-7,12H,8-9,17H2,1-2H3/t12-/m0/s1. The quantitative estimate of drug-likeness (QED) is 0.883. The van der Waals surface area contributed by atoms with E-state index in [1.807, 2.05) is 30.3 Å². The molecule has 22 heavy (non-hydrogen) atoms. The van der Waals surface area contributed by atoms with E-state index in [2.05, 4.69) is 4.99 Å². The van der Waals surface area contributed by atoms with Crippen molar-refractivity contribution in [1.29, 1.82) is 0 Å². The molecule has 6 heteroatoms. The highest BCUT2D eigenvalue weighted by atomic mass is 16.2. The summed E-state index contributed by atoms with van der Waals surface area (Å²) in [6.45, 7) is 0. The van der Waals surface area contributed by atoms with Gasteiger partial charge in [-0.1, -0.05) is 30.3 Å². The summed E-state index contributed by atoms with van der Waals surface area (Å²) in [5.74, 6) is 0.437. The van der Waals surface area contributed by atoms with E-state index in [1.54, 1.807) is 7.05 Å². The zero-order chi connectivity index (χ0) is 15.9. The lowest BCUT2D eigenvalue weighted by molar-refractivity contribution is 0.682. The fourth-order valence-corrected chi connectivity index (χ4v) is 2.76. The minimum atomic E-state index is -0.370. The molecule has 2 aromatic rings. The van der Waals surface area contributed by atoms with Crippen LogP contribution in [0.3, 0.4) is 0 Å². The van der Waals surface area contributed by atoms with E-state index in [9.17, 15) is 9.59 Å². The molecule has 1 aromatic heterocycles. The largest absolute Gasteiger partial charge is 0.332 e. The third kappa shape index (κ3) is 2.31. The van der Waals surface area contributed by atoms with Gasteiger partial charge in [0.2, 0.25) is 0 Å². The number of benzene rings is 1. The summed E-state index contributed by atoms with van der Waals surface area (Å²) in [5, 5.41) is 0. The molecule has 0 amide bonds. The van der Waals surface area contributed by atoms with Crippen molar-refractivity contribution in [2.75, 3.05) is 0 Å². The average Bonchev–Trinajstić information content (AvgIpc) is 2.97. The first-order chi connectivity index (χ1) is 10.5. The Labute approximate surface area is 127 Å². The highest BCUT2D eigenvalue weighted by Gasteiger charge is 2.26. The lowest BCUT2D eigenvalue weighted by Crippen LogP contribution is -2.38. The third-order valence-corrected chi connectivity index (χ3v) is 4.06. The second kappa shape index (κ2) is 5.38. The van der Waals surface area contributed by atoms with Crippen LogP contribution in [0, 0.1) is 0 Å². The van der Waals surface area contributed by atoms with Gasteiger partial charge in [-0.3, -0.25) is 13.9 Å². The molecular weight excluding hydrogens is 280 g/mol. The van der Waals surface area contributed by atoms with Gasteiger partial charge in [0.25, 0.3) is 5.56 Å². The summed E-state index contributed by atoms with van der Waals surface area (Å²) >= 11 is 0. The van der Waals surface area contributed by atoms with Gasteiger partial charge in [-0.2, -0.15) is 0 Å². The van der Waals surface area contributed by atoms with Gasteiger partial charge in [0.1, 0.15) is 5.82 Å². The van der Waals surface area contributed by atoms with Gasteiger partial charge < -0.3 is 5.73 Å². The lowest BCUT2D eigenvalue weighted by atomic mass is 10.00. The molecule has 3 rings (SSSR count). The number of aromatic nitrogens is 2. The fourth-order valence-electron chi connectivity index (χ4n) is 2.76. The van der Waals surface area contributed by atoms with Crippen molar-refractivity contribution in [3.63, 3.8) is 0 Å². The molecular formula is C16H18N4O2. The molecule has 1 atom stereocenters. The van der Waals surface area contributed by atoms with Crippen molar-refractivity contribution in [1.82, 2.24) is 9.13 Å². The van der Waals surface area contributed by atoms with E-state index in [-0.39, 0.29) is 17.3 Å². The number of fused-ring (bicyclic) bond motifs is 1. The number of nitrogens with zero attached hydrogens (tertiary/aromatic N) is 3. The Kier molecular flexibility index (Phi) is 3.54. The van der Waals surface area contributed by atoms with Crippen LogP contribution < -0.4 is 17.0 Å². The predicted molar refractivity (Wildman–Crippen MR) is 85.8 cm³/mol. The van der Waals surface area contributed by atoms with Crippen LogP contribution in [0.1, 0.15) is 11.1 Å². The van der Waals surface area contributed by atoms with Crippen molar-refractivity contribution in [2.45, 2.75) is 18.9 Å². The fraction of sp³-hybridized carbons (Fsp3) is 0.312. The Balaban J connectivity index is 1.93. The smallest absolute Gasteiger partial charge is 0.323 e. The number of hydrogen-bond acceptors (Lipinski definition) is 4. The molecule has 0 radical (unpaired) electrons. The first-order valence-corrected chi connectivity index (χ1v) is 7.15. The predicted octanol–water partition coefficient (Wildman–Crippen LogP) is 0.283. The topological polar surface area (TPSA) is 82.4 Å². The maximum absolute atomic E-state index is 12.2. The van der Waals surface area contributed by atoms with Crippen LogP contribution >= 0.6 is 0 Å². The minimum Gasteiger partial charge on any atom is -0.323 e. The molecule has 0 fully saturated rings. The van der Waals surface area contributed by atoms with Crippen LogP contribution in [0.4, 0.5) is 5.82 Å². The van der Waals surface area contributed by atoms with Gasteiger partial charge in [0, 0.05) is 32.3 Å². The van der Waals surface area contributed by atoms with Crippen LogP contribution in [0.25, 0.3) is 0 Å². The van der Waals surface area contributed by atoms with E-state index in [1.165, 1.54) is 11.6 Å². The van der Waals surface area contributed by atoms with Crippen LogP contribution in [0.2, 0.25) is 0 Å². The molecule has 0 saturated carbocycles. The monoisotopic (exact) mass is 298 g/mol. The van der Waals surface area contributed by atoms with Crippen molar-refractivity contribution >= 4 is 11.5 Å². The van der Waals surface area contributed by atoms with Gasteiger partial charge >= 0.3 is 5.69 Å². The molecule has 0 bridgehead atoms. The molecule has 1 aliphatic rings. The van der Waals surface area contributed by atoms with Gasteiger partial charge in [0.15, 0.2) is 0 Å². The SMILES string of the molecule is Cn1c2c(c(=O)n(C)c1=O)CC([C@@H](N)Cc1ccccc1)=N2.